The SMILES string of the molecule is CCc1nn(C)c(CNC2(CCl)CC2)c1Br. The topological polar surface area (TPSA) is 29.9 Å². The van der Waals surface area contributed by atoms with E-state index in [1.165, 1.54) is 18.5 Å². The number of rotatable bonds is 5. The van der Waals surface area contributed by atoms with Gasteiger partial charge < -0.3 is 5.32 Å². The highest BCUT2D eigenvalue weighted by atomic mass is 79.9. The molecule has 2 rings (SSSR count). The largest absolute Gasteiger partial charge is 0.304 e. The highest BCUT2D eigenvalue weighted by Crippen LogP contribution is 2.37. The second-order valence-corrected chi connectivity index (χ2v) is 5.51. The summed E-state index contributed by atoms with van der Waals surface area (Å²) >= 11 is 9.55. The smallest absolute Gasteiger partial charge is 0.0767 e. The Balaban J connectivity index is 2.06. The van der Waals surface area contributed by atoms with Gasteiger partial charge in [-0.3, -0.25) is 4.68 Å². The first-order valence-corrected chi connectivity index (χ1v) is 6.96. The zero-order valence-electron chi connectivity index (χ0n) is 9.69. The van der Waals surface area contributed by atoms with E-state index in [0.29, 0.717) is 5.88 Å². The van der Waals surface area contributed by atoms with Crippen molar-refractivity contribution in [3.05, 3.63) is 15.9 Å². The summed E-state index contributed by atoms with van der Waals surface area (Å²) in [6, 6.07) is 0. The van der Waals surface area contributed by atoms with E-state index in [9.17, 15) is 0 Å². The Hall–Kier alpha value is -0.0600. The molecule has 5 heteroatoms. The average molecular weight is 307 g/mol. The molecule has 0 radical (unpaired) electrons. The molecular weight excluding hydrogens is 289 g/mol. The lowest BCUT2D eigenvalue weighted by molar-refractivity contribution is 0.521. The van der Waals surface area contributed by atoms with E-state index in [-0.39, 0.29) is 5.54 Å². The predicted molar refractivity (Wildman–Crippen MR) is 69.8 cm³/mol. The van der Waals surface area contributed by atoms with Crippen molar-refractivity contribution >= 4 is 27.5 Å². The maximum absolute atomic E-state index is 5.94. The fourth-order valence-electron chi connectivity index (χ4n) is 1.79. The third kappa shape index (κ3) is 2.29. The first-order chi connectivity index (χ1) is 7.62. The van der Waals surface area contributed by atoms with Crippen LogP contribution in [0.15, 0.2) is 4.47 Å². The molecule has 0 bridgehead atoms. The van der Waals surface area contributed by atoms with Crippen molar-refractivity contribution in [3.8, 4) is 0 Å². The maximum atomic E-state index is 5.94. The van der Waals surface area contributed by atoms with Gasteiger partial charge in [0.25, 0.3) is 0 Å². The van der Waals surface area contributed by atoms with Crippen molar-refractivity contribution in [2.24, 2.45) is 7.05 Å². The minimum atomic E-state index is 0.192. The summed E-state index contributed by atoms with van der Waals surface area (Å²) in [5.74, 6) is 0.698. The number of halogens is 2. The molecule has 1 aliphatic carbocycles. The van der Waals surface area contributed by atoms with Gasteiger partial charge in [0, 0.05) is 25.0 Å². The standard InChI is InChI=1S/C11H17BrClN3/c1-3-8-10(12)9(16(2)15-8)6-14-11(7-13)4-5-11/h14H,3-7H2,1-2H3. The number of aryl methyl sites for hydroxylation is 2. The molecule has 0 atom stereocenters. The van der Waals surface area contributed by atoms with Crippen LogP contribution in [0.3, 0.4) is 0 Å². The van der Waals surface area contributed by atoms with Crippen LogP contribution in [0, 0.1) is 0 Å². The molecule has 0 amide bonds. The van der Waals surface area contributed by atoms with Gasteiger partial charge in [-0.1, -0.05) is 6.92 Å². The number of aromatic nitrogens is 2. The van der Waals surface area contributed by atoms with Crippen molar-refractivity contribution in [2.75, 3.05) is 5.88 Å². The van der Waals surface area contributed by atoms with Crippen LogP contribution >= 0.6 is 27.5 Å². The monoisotopic (exact) mass is 305 g/mol. The van der Waals surface area contributed by atoms with Crippen LogP contribution in [0.1, 0.15) is 31.2 Å². The fraction of sp³-hybridized carbons (Fsp3) is 0.727. The van der Waals surface area contributed by atoms with Crippen LogP contribution in [-0.4, -0.2) is 21.2 Å². The van der Waals surface area contributed by atoms with E-state index in [2.05, 4.69) is 33.3 Å². The number of hydrogen-bond acceptors (Lipinski definition) is 2. The second kappa shape index (κ2) is 4.67. The zero-order valence-corrected chi connectivity index (χ0v) is 12.0. The van der Waals surface area contributed by atoms with Crippen LogP contribution in [0.4, 0.5) is 0 Å². The molecule has 1 aromatic rings. The summed E-state index contributed by atoms with van der Waals surface area (Å²) in [4.78, 5) is 0. The van der Waals surface area contributed by atoms with Crippen molar-refractivity contribution < 1.29 is 0 Å². The Kier molecular flexibility index (Phi) is 3.62. The minimum Gasteiger partial charge on any atom is -0.304 e. The fourth-order valence-corrected chi connectivity index (χ4v) is 2.91. The lowest BCUT2D eigenvalue weighted by atomic mass is 10.2. The molecule has 0 saturated heterocycles. The second-order valence-electron chi connectivity index (χ2n) is 4.45. The van der Waals surface area contributed by atoms with Crippen LogP contribution in [0.2, 0.25) is 0 Å². The zero-order chi connectivity index (χ0) is 11.8. The summed E-state index contributed by atoms with van der Waals surface area (Å²) in [5, 5.41) is 8.00. The first-order valence-electron chi connectivity index (χ1n) is 5.63. The van der Waals surface area contributed by atoms with E-state index < -0.39 is 0 Å². The molecule has 1 aliphatic rings. The molecular formula is C11H17BrClN3. The molecule has 1 saturated carbocycles. The molecule has 16 heavy (non-hydrogen) atoms. The van der Waals surface area contributed by atoms with E-state index in [4.69, 9.17) is 11.6 Å². The highest BCUT2D eigenvalue weighted by Gasteiger charge is 2.41. The van der Waals surface area contributed by atoms with Gasteiger partial charge in [-0.25, -0.2) is 0 Å². The van der Waals surface area contributed by atoms with Crippen LogP contribution in [-0.2, 0) is 20.0 Å². The van der Waals surface area contributed by atoms with Gasteiger partial charge in [0.15, 0.2) is 0 Å². The van der Waals surface area contributed by atoms with Crippen LogP contribution < -0.4 is 5.32 Å². The number of hydrogen-bond donors (Lipinski definition) is 1. The van der Waals surface area contributed by atoms with Gasteiger partial charge in [-0.05, 0) is 35.2 Å². The summed E-state index contributed by atoms with van der Waals surface area (Å²) in [7, 11) is 1.99. The quantitative estimate of drug-likeness (QED) is 0.848. The Morgan fingerprint density at radius 3 is 2.69 bits per heavy atom. The third-order valence-electron chi connectivity index (χ3n) is 3.24. The molecule has 0 spiro atoms. The normalized spacial score (nSPS) is 17.8. The van der Waals surface area contributed by atoms with Gasteiger partial charge in [-0.2, -0.15) is 5.10 Å². The number of nitrogens with one attached hydrogen (secondary N) is 1. The first kappa shape index (κ1) is 12.4. The average Bonchev–Trinajstić information content (AvgIpc) is 3.01. The Morgan fingerprint density at radius 2 is 2.25 bits per heavy atom. The Morgan fingerprint density at radius 1 is 1.56 bits per heavy atom. The summed E-state index contributed by atoms with van der Waals surface area (Å²) in [6.07, 6.45) is 3.33. The van der Waals surface area contributed by atoms with E-state index in [1.807, 2.05) is 11.7 Å². The van der Waals surface area contributed by atoms with E-state index in [1.54, 1.807) is 0 Å². The van der Waals surface area contributed by atoms with Gasteiger partial charge in [0.2, 0.25) is 0 Å². The molecule has 0 aromatic carbocycles. The lowest BCUT2D eigenvalue weighted by Gasteiger charge is -2.14. The maximum Gasteiger partial charge on any atom is 0.0767 e. The molecule has 3 nitrogen and oxygen atoms in total. The van der Waals surface area contributed by atoms with Gasteiger partial charge in [-0.15, -0.1) is 11.6 Å². The van der Waals surface area contributed by atoms with Gasteiger partial charge >= 0.3 is 0 Å². The summed E-state index contributed by atoms with van der Waals surface area (Å²) < 4.78 is 3.08. The van der Waals surface area contributed by atoms with Crippen LogP contribution in [0.5, 0.6) is 0 Å². The number of alkyl halides is 1. The lowest BCUT2D eigenvalue weighted by Crippen LogP contribution is -2.33. The minimum absolute atomic E-state index is 0.192. The van der Waals surface area contributed by atoms with Crippen molar-refractivity contribution in [1.29, 1.82) is 0 Å². The van der Waals surface area contributed by atoms with Gasteiger partial charge in [0.05, 0.1) is 15.9 Å². The third-order valence-corrected chi connectivity index (χ3v) is 4.67. The molecule has 90 valence electrons. The molecule has 0 aliphatic heterocycles. The van der Waals surface area contributed by atoms with Crippen molar-refractivity contribution in [1.82, 2.24) is 15.1 Å². The summed E-state index contributed by atoms with van der Waals surface area (Å²) in [6.45, 7) is 2.95. The van der Waals surface area contributed by atoms with E-state index in [0.717, 1.165) is 23.1 Å². The molecule has 1 heterocycles. The van der Waals surface area contributed by atoms with Crippen molar-refractivity contribution in [3.63, 3.8) is 0 Å². The van der Waals surface area contributed by atoms with Gasteiger partial charge in [0.1, 0.15) is 0 Å². The Labute approximate surface area is 110 Å². The van der Waals surface area contributed by atoms with Crippen LogP contribution in [0.25, 0.3) is 0 Å². The number of nitrogens with zero attached hydrogens (tertiary/aromatic N) is 2. The van der Waals surface area contributed by atoms with Crippen molar-refractivity contribution in [2.45, 2.75) is 38.3 Å². The highest BCUT2D eigenvalue weighted by molar-refractivity contribution is 9.10. The molecule has 0 unspecified atom stereocenters. The molecule has 1 fully saturated rings. The molecule has 1 N–H and O–H groups in total. The Bertz CT molecular complexity index is 385. The molecule has 1 aromatic heterocycles. The van der Waals surface area contributed by atoms with E-state index >= 15 is 0 Å². The predicted octanol–water partition coefficient (Wildman–Crippen LogP) is 2.61. The summed E-state index contributed by atoms with van der Waals surface area (Å²) in [5.41, 5.74) is 2.51.